The number of hydrogen-bond donors (Lipinski definition) is 2. The first-order chi connectivity index (χ1) is 9.32. The highest BCUT2D eigenvalue weighted by atomic mass is 32.2. The first-order valence-electron chi connectivity index (χ1n) is 6.03. The molecule has 1 aromatic rings. The van der Waals surface area contributed by atoms with Crippen molar-refractivity contribution in [1.82, 2.24) is 0 Å². The van der Waals surface area contributed by atoms with Crippen LogP contribution in [-0.2, 0) is 5.54 Å². The lowest BCUT2D eigenvalue weighted by Gasteiger charge is -2.32. The molecule has 0 amide bonds. The Kier molecular flexibility index (Phi) is 2.54. The summed E-state index contributed by atoms with van der Waals surface area (Å²) in [6, 6.07) is 4.51. The van der Waals surface area contributed by atoms with E-state index in [1.807, 2.05) is 0 Å². The molecule has 3 atom stereocenters. The molecule has 3 rings (SSSR count). The molecule has 7 heteroatoms. The number of amidine groups is 1. The Morgan fingerprint density at radius 3 is 2.80 bits per heavy atom. The molecule has 0 bridgehead atoms. The lowest BCUT2D eigenvalue weighted by atomic mass is 9.85. The number of thioether (sulfide) groups is 1. The third-order valence-corrected chi connectivity index (χ3v) is 5.21. The number of fused-ring (bicyclic) bond motifs is 1. The minimum absolute atomic E-state index is 0.0559. The molecule has 0 aromatic heterocycles. The molecule has 0 radical (unpaired) electrons. The van der Waals surface area contributed by atoms with Gasteiger partial charge in [-0.05, 0) is 25.5 Å². The Morgan fingerprint density at radius 2 is 2.15 bits per heavy atom. The molecule has 1 heterocycles. The normalized spacial score (nSPS) is 34.9. The highest BCUT2D eigenvalue weighted by molar-refractivity contribution is 8.15. The Hall–Kier alpha value is -1.81. The van der Waals surface area contributed by atoms with Crippen LogP contribution in [0.3, 0.4) is 0 Å². The van der Waals surface area contributed by atoms with E-state index in [0.717, 1.165) is 6.07 Å². The second-order valence-corrected chi connectivity index (χ2v) is 6.67. The molecule has 0 saturated heterocycles. The zero-order chi connectivity index (χ0) is 14.7. The van der Waals surface area contributed by atoms with Gasteiger partial charge in [-0.15, -0.1) is 0 Å². The van der Waals surface area contributed by atoms with E-state index in [4.69, 9.17) is 11.5 Å². The van der Waals surface area contributed by atoms with Crippen molar-refractivity contribution in [3.8, 4) is 6.07 Å². The van der Waals surface area contributed by atoms with Gasteiger partial charge in [-0.25, -0.2) is 8.78 Å². The maximum atomic E-state index is 14.1. The molecule has 1 saturated carbocycles. The summed E-state index contributed by atoms with van der Waals surface area (Å²) in [5, 5.41) is 9.51. The molecule has 1 aliphatic carbocycles. The zero-order valence-corrected chi connectivity index (χ0v) is 11.5. The topological polar surface area (TPSA) is 88.2 Å². The van der Waals surface area contributed by atoms with Crippen LogP contribution in [0, 0.1) is 28.9 Å². The average Bonchev–Trinajstić information content (AvgIpc) is 3.09. The number of nitriles is 1. The molecule has 1 aliphatic heterocycles. The number of nitrogen functional groups attached to an aromatic ring is 1. The predicted octanol–water partition coefficient (Wildman–Crippen LogP) is 2.11. The number of nitrogens with zero attached hydrogens (tertiary/aromatic N) is 2. The summed E-state index contributed by atoms with van der Waals surface area (Å²) in [7, 11) is 0. The lowest BCUT2D eigenvalue weighted by molar-refractivity contribution is 0.387. The Bertz CT molecular complexity index is 684. The van der Waals surface area contributed by atoms with Crippen molar-refractivity contribution in [2.45, 2.75) is 23.6 Å². The number of nitrogens with two attached hydrogens (primary N) is 2. The van der Waals surface area contributed by atoms with Crippen molar-refractivity contribution in [1.29, 1.82) is 5.26 Å². The van der Waals surface area contributed by atoms with Gasteiger partial charge in [0.2, 0.25) is 0 Å². The van der Waals surface area contributed by atoms with E-state index in [1.165, 1.54) is 17.8 Å². The third kappa shape index (κ3) is 1.61. The highest BCUT2D eigenvalue weighted by Gasteiger charge is 2.67. The fourth-order valence-electron chi connectivity index (χ4n) is 2.90. The largest absolute Gasteiger partial charge is 0.399 e. The fraction of sp³-hybridized carbons (Fsp3) is 0.385. The van der Waals surface area contributed by atoms with Gasteiger partial charge in [0.05, 0.1) is 11.6 Å². The van der Waals surface area contributed by atoms with Crippen molar-refractivity contribution in [3.63, 3.8) is 0 Å². The van der Waals surface area contributed by atoms with Gasteiger partial charge < -0.3 is 11.5 Å². The molecule has 104 valence electrons. The van der Waals surface area contributed by atoms with E-state index in [2.05, 4.69) is 11.1 Å². The Morgan fingerprint density at radius 1 is 1.45 bits per heavy atom. The summed E-state index contributed by atoms with van der Waals surface area (Å²) in [5.74, 6) is -2.20. The van der Waals surface area contributed by atoms with Gasteiger partial charge in [0.1, 0.15) is 4.75 Å². The van der Waals surface area contributed by atoms with E-state index < -0.39 is 21.9 Å². The van der Waals surface area contributed by atoms with E-state index in [-0.39, 0.29) is 22.3 Å². The van der Waals surface area contributed by atoms with Crippen LogP contribution in [0.25, 0.3) is 0 Å². The zero-order valence-electron chi connectivity index (χ0n) is 10.7. The molecule has 2 aliphatic rings. The standard InChI is InChI=1S/C13H12F2N4S/c1-12(7-2-6(17)3-8(14)10(7)15)9-4-13(9,5-16)20-11(18)19-12/h2-3,9H,4,17H2,1H3,(H2,18,19)/t9?,12-,13-/m1/s1. The van der Waals surface area contributed by atoms with Crippen molar-refractivity contribution in [3.05, 3.63) is 29.3 Å². The van der Waals surface area contributed by atoms with Crippen LogP contribution in [0.5, 0.6) is 0 Å². The third-order valence-electron chi connectivity index (χ3n) is 4.00. The van der Waals surface area contributed by atoms with Crippen molar-refractivity contribution < 1.29 is 8.78 Å². The Balaban J connectivity index is 2.19. The van der Waals surface area contributed by atoms with Gasteiger partial charge in [0, 0.05) is 17.2 Å². The molecule has 1 aromatic carbocycles. The molecule has 20 heavy (non-hydrogen) atoms. The monoisotopic (exact) mass is 294 g/mol. The van der Waals surface area contributed by atoms with Crippen LogP contribution >= 0.6 is 11.8 Å². The number of rotatable bonds is 1. The first kappa shape index (κ1) is 13.2. The average molecular weight is 294 g/mol. The van der Waals surface area contributed by atoms with Crippen LogP contribution in [-0.4, -0.2) is 9.91 Å². The van der Waals surface area contributed by atoms with Crippen LogP contribution in [0.1, 0.15) is 18.9 Å². The van der Waals surface area contributed by atoms with E-state index in [0.29, 0.717) is 6.42 Å². The summed E-state index contributed by atoms with van der Waals surface area (Å²) in [6.07, 6.45) is 0.546. The number of benzene rings is 1. The maximum Gasteiger partial charge on any atom is 0.164 e. The van der Waals surface area contributed by atoms with Gasteiger partial charge in [-0.1, -0.05) is 11.8 Å². The summed E-state index contributed by atoms with van der Waals surface area (Å²) in [4.78, 5) is 4.29. The first-order valence-corrected chi connectivity index (χ1v) is 6.84. The number of anilines is 1. The lowest BCUT2D eigenvalue weighted by Crippen LogP contribution is -2.35. The highest BCUT2D eigenvalue weighted by Crippen LogP contribution is 2.65. The minimum atomic E-state index is -1.06. The molecule has 4 nitrogen and oxygen atoms in total. The van der Waals surface area contributed by atoms with Gasteiger partial charge in [0.15, 0.2) is 16.8 Å². The molecular weight excluding hydrogens is 282 g/mol. The summed E-state index contributed by atoms with van der Waals surface area (Å²) >= 11 is 1.19. The Labute approximate surface area is 118 Å². The molecular formula is C13H12F2N4S. The van der Waals surface area contributed by atoms with Crippen LogP contribution in [0.2, 0.25) is 0 Å². The van der Waals surface area contributed by atoms with Crippen molar-refractivity contribution in [2.24, 2.45) is 16.6 Å². The fourth-order valence-corrected chi connectivity index (χ4v) is 4.17. The summed E-state index contributed by atoms with van der Waals surface area (Å²) in [6.45, 7) is 1.67. The smallest absolute Gasteiger partial charge is 0.164 e. The van der Waals surface area contributed by atoms with Crippen LogP contribution < -0.4 is 11.5 Å². The van der Waals surface area contributed by atoms with Crippen molar-refractivity contribution >= 4 is 22.6 Å². The summed E-state index contributed by atoms with van der Waals surface area (Å²) in [5.41, 5.74) is 10.5. The quantitative estimate of drug-likeness (QED) is 0.776. The molecule has 4 N–H and O–H groups in total. The van der Waals surface area contributed by atoms with Gasteiger partial charge >= 0.3 is 0 Å². The summed E-state index contributed by atoms with van der Waals surface area (Å²) < 4.78 is 27.0. The molecule has 1 fully saturated rings. The maximum absolute atomic E-state index is 14.1. The molecule has 1 unspecified atom stereocenters. The van der Waals surface area contributed by atoms with Crippen LogP contribution in [0.4, 0.5) is 14.5 Å². The SMILES string of the molecule is C[C@]1(c2cc(N)cc(F)c2F)N=C(N)S[C@@]2(C#N)CC21. The van der Waals surface area contributed by atoms with Gasteiger partial charge in [0.25, 0.3) is 0 Å². The van der Waals surface area contributed by atoms with E-state index in [9.17, 15) is 14.0 Å². The van der Waals surface area contributed by atoms with E-state index in [1.54, 1.807) is 6.92 Å². The predicted molar refractivity (Wildman–Crippen MR) is 73.8 cm³/mol. The second-order valence-electron chi connectivity index (χ2n) is 5.32. The van der Waals surface area contributed by atoms with Gasteiger partial charge in [-0.3, -0.25) is 4.99 Å². The van der Waals surface area contributed by atoms with Crippen molar-refractivity contribution in [2.75, 3.05) is 5.73 Å². The number of halogens is 2. The minimum Gasteiger partial charge on any atom is -0.399 e. The van der Waals surface area contributed by atoms with E-state index >= 15 is 0 Å². The molecule has 0 spiro atoms. The number of hydrogen-bond acceptors (Lipinski definition) is 5. The van der Waals surface area contributed by atoms with Crippen LogP contribution in [0.15, 0.2) is 17.1 Å². The van der Waals surface area contributed by atoms with Gasteiger partial charge in [-0.2, -0.15) is 5.26 Å². The second kappa shape index (κ2) is 3.85. The number of aliphatic imine (C=N–C) groups is 1.